The van der Waals surface area contributed by atoms with Gasteiger partial charge in [0.25, 0.3) is 0 Å². The van der Waals surface area contributed by atoms with E-state index in [0.717, 1.165) is 30.9 Å². The standard InChI is InChI=1S/C11H16O.Zr/c1-6-7(2)9(4)11(12)10(5)8(6)3;/h12H,1-5H3;/q;+1/p-1. The van der Waals surface area contributed by atoms with Gasteiger partial charge >= 0.3 is 96.2 Å². The molecule has 1 aromatic rings. The van der Waals surface area contributed by atoms with Crippen molar-refractivity contribution in [2.45, 2.75) is 34.6 Å². The van der Waals surface area contributed by atoms with E-state index in [9.17, 15) is 0 Å². The molecule has 2 heteroatoms. The molecule has 0 spiro atoms. The third kappa shape index (κ3) is 1.74. The molecule has 0 atom stereocenters. The zero-order valence-corrected chi connectivity index (χ0v) is 11.4. The van der Waals surface area contributed by atoms with E-state index in [2.05, 4.69) is 34.6 Å². The molecule has 0 radical (unpaired) electrons. The number of rotatable bonds is 1. The average Bonchev–Trinajstić information content (AvgIpc) is 2.13. The van der Waals surface area contributed by atoms with E-state index in [4.69, 9.17) is 2.81 Å². The number of benzene rings is 1. The van der Waals surface area contributed by atoms with Gasteiger partial charge in [-0.3, -0.25) is 0 Å². The predicted octanol–water partition coefficient (Wildman–Crippen LogP) is 3.07. The second kappa shape index (κ2) is 3.96. The molecule has 0 aliphatic rings. The van der Waals surface area contributed by atoms with Crippen molar-refractivity contribution < 1.29 is 28.0 Å². The van der Waals surface area contributed by atoms with Crippen LogP contribution < -0.4 is 2.81 Å². The quantitative estimate of drug-likeness (QED) is 0.748. The van der Waals surface area contributed by atoms with E-state index in [-0.39, 0.29) is 0 Å². The van der Waals surface area contributed by atoms with Crippen LogP contribution in [0.1, 0.15) is 27.8 Å². The van der Waals surface area contributed by atoms with Crippen LogP contribution in [0.3, 0.4) is 0 Å². The van der Waals surface area contributed by atoms with Crippen LogP contribution in [0.2, 0.25) is 0 Å². The molecule has 0 aliphatic carbocycles. The fourth-order valence-corrected chi connectivity index (χ4v) is 2.37. The molecule has 0 N–H and O–H groups in total. The molecule has 13 heavy (non-hydrogen) atoms. The molecular formula is C11H15OZr. The predicted molar refractivity (Wildman–Crippen MR) is 50.8 cm³/mol. The summed E-state index contributed by atoms with van der Waals surface area (Å²) in [6.45, 7) is 10.8. The van der Waals surface area contributed by atoms with Gasteiger partial charge in [0.15, 0.2) is 0 Å². The van der Waals surface area contributed by atoms with E-state index < -0.39 is 0 Å². The molecule has 0 fully saturated rings. The summed E-state index contributed by atoms with van der Waals surface area (Å²) < 4.78 is 5.48. The minimum absolute atomic E-state index is 1.08. The van der Waals surface area contributed by atoms with Gasteiger partial charge in [-0.25, -0.2) is 0 Å². The Kier molecular flexibility index (Phi) is 3.34. The Morgan fingerprint density at radius 3 is 1.31 bits per heavy atom. The van der Waals surface area contributed by atoms with Gasteiger partial charge in [-0.05, 0) is 0 Å². The zero-order valence-electron chi connectivity index (χ0n) is 8.91. The van der Waals surface area contributed by atoms with Gasteiger partial charge in [-0.15, -0.1) is 0 Å². The van der Waals surface area contributed by atoms with Crippen LogP contribution in [0.4, 0.5) is 0 Å². The van der Waals surface area contributed by atoms with Crippen LogP contribution in [-0.2, 0) is 25.2 Å². The summed E-state index contributed by atoms with van der Waals surface area (Å²) in [5, 5.41) is 0. The van der Waals surface area contributed by atoms with E-state index >= 15 is 0 Å². The van der Waals surface area contributed by atoms with Gasteiger partial charge in [0.05, 0.1) is 0 Å². The van der Waals surface area contributed by atoms with Crippen LogP contribution >= 0.6 is 0 Å². The van der Waals surface area contributed by atoms with Gasteiger partial charge in [-0.2, -0.15) is 0 Å². The summed E-state index contributed by atoms with van der Waals surface area (Å²) in [5.41, 5.74) is 6.70. The molecule has 0 unspecified atom stereocenters. The van der Waals surface area contributed by atoms with Crippen molar-refractivity contribution >= 4 is 0 Å². The summed E-state index contributed by atoms with van der Waals surface area (Å²) in [6.07, 6.45) is 0. The topological polar surface area (TPSA) is 9.23 Å². The van der Waals surface area contributed by atoms with Crippen LogP contribution in [0.25, 0.3) is 0 Å². The van der Waals surface area contributed by atoms with E-state index in [1.54, 1.807) is 0 Å². The van der Waals surface area contributed by atoms with Gasteiger partial charge < -0.3 is 0 Å². The van der Waals surface area contributed by atoms with Gasteiger partial charge in [0.1, 0.15) is 0 Å². The molecule has 0 amide bonds. The molecule has 69 valence electrons. The van der Waals surface area contributed by atoms with Crippen LogP contribution in [0.15, 0.2) is 0 Å². The molecule has 0 aromatic heterocycles. The second-order valence-corrected chi connectivity index (χ2v) is 4.06. The zero-order chi connectivity index (χ0) is 10.2. The van der Waals surface area contributed by atoms with Gasteiger partial charge in [0.2, 0.25) is 0 Å². The number of hydrogen-bond acceptors (Lipinski definition) is 1. The summed E-state index contributed by atoms with van der Waals surface area (Å²) >= 11 is 1.11. The maximum atomic E-state index is 5.48. The Morgan fingerprint density at radius 1 is 0.692 bits per heavy atom. The molecule has 1 rings (SSSR count). The Hall–Kier alpha value is -0.0969. The Morgan fingerprint density at radius 2 is 1.00 bits per heavy atom. The summed E-state index contributed by atoms with van der Waals surface area (Å²) in [6, 6.07) is 0. The molecule has 0 saturated carbocycles. The van der Waals surface area contributed by atoms with Crippen molar-refractivity contribution in [3.8, 4) is 5.75 Å². The second-order valence-electron chi connectivity index (χ2n) is 3.56. The molecular weight excluding hydrogens is 239 g/mol. The summed E-state index contributed by atoms with van der Waals surface area (Å²) in [5.74, 6) is 1.08. The first-order valence-corrected chi connectivity index (χ1v) is 5.41. The molecule has 0 aliphatic heterocycles. The van der Waals surface area contributed by atoms with Gasteiger partial charge in [0, 0.05) is 0 Å². The molecule has 0 heterocycles. The maximum absolute atomic E-state index is 5.48. The SMILES string of the molecule is Cc1c(C)c(C)c([O][Zr])c(C)c1C. The van der Waals surface area contributed by atoms with Crippen molar-refractivity contribution in [2.24, 2.45) is 0 Å². The van der Waals surface area contributed by atoms with Crippen LogP contribution in [0.5, 0.6) is 5.75 Å². The fraction of sp³-hybridized carbons (Fsp3) is 0.455. The summed E-state index contributed by atoms with van der Waals surface area (Å²) in [4.78, 5) is 0. The van der Waals surface area contributed by atoms with Crippen LogP contribution in [0, 0.1) is 34.6 Å². The first-order valence-electron chi connectivity index (χ1n) is 4.41. The molecule has 0 bridgehead atoms. The molecule has 0 saturated heterocycles. The van der Waals surface area contributed by atoms with E-state index in [0.29, 0.717) is 0 Å². The van der Waals surface area contributed by atoms with Crippen molar-refractivity contribution in [3.63, 3.8) is 0 Å². The Bertz CT molecular complexity index is 313. The Labute approximate surface area is 96.0 Å². The monoisotopic (exact) mass is 253 g/mol. The van der Waals surface area contributed by atoms with E-state index in [1.807, 2.05) is 0 Å². The third-order valence-corrected chi connectivity index (χ3v) is 3.53. The Balaban J connectivity index is 3.56. The first-order chi connectivity index (χ1) is 6.00. The normalized spacial score (nSPS) is 10.2. The van der Waals surface area contributed by atoms with Crippen molar-refractivity contribution in [1.82, 2.24) is 0 Å². The number of hydrogen-bond donors (Lipinski definition) is 0. The fourth-order valence-electron chi connectivity index (χ4n) is 1.62. The summed E-state index contributed by atoms with van der Waals surface area (Å²) in [7, 11) is 0. The third-order valence-electron chi connectivity index (χ3n) is 3.03. The van der Waals surface area contributed by atoms with Crippen LogP contribution in [-0.4, -0.2) is 0 Å². The first kappa shape index (κ1) is 11.0. The molecule has 1 aromatic carbocycles. The van der Waals surface area contributed by atoms with E-state index in [1.165, 1.54) is 27.8 Å². The minimum atomic E-state index is 1.08. The van der Waals surface area contributed by atoms with Crippen molar-refractivity contribution in [2.75, 3.05) is 0 Å². The van der Waals surface area contributed by atoms with Crippen molar-refractivity contribution in [3.05, 3.63) is 27.8 Å². The average molecular weight is 254 g/mol. The molecule has 1 nitrogen and oxygen atoms in total. The van der Waals surface area contributed by atoms with Crippen molar-refractivity contribution in [1.29, 1.82) is 0 Å². The van der Waals surface area contributed by atoms with Gasteiger partial charge in [-0.1, -0.05) is 0 Å².